The number of ether oxygens (including phenoxy) is 2. The van der Waals surface area contributed by atoms with Crippen LogP contribution in [0.5, 0.6) is 11.5 Å². The molecule has 3 aromatic rings. The number of aliphatic hydroxyl groups excluding tert-OH is 1. The molecule has 0 bridgehead atoms. The highest BCUT2D eigenvalue weighted by molar-refractivity contribution is 6.51. The number of hydrogen-bond acceptors (Lipinski definition) is 5. The summed E-state index contributed by atoms with van der Waals surface area (Å²) in [5.41, 5.74) is 3.51. The number of anilines is 1. The van der Waals surface area contributed by atoms with Crippen molar-refractivity contribution in [1.29, 1.82) is 0 Å². The zero-order valence-corrected chi connectivity index (χ0v) is 21.2. The van der Waals surface area contributed by atoms with Gasteiger partial charge in [-0.15, -0.1) is 0 Å². The third-order valence-corrected chi connectivity index (χ3v) is 6.05. The van der Waals surface area contributed by atoms with Gasteiger partial charge in [0.25, 0.3) is 11.7 Å². The number of benzene rings is 3. The van der Waals surface area contributed by atoms with Gasteiger partial charge in [-0.1, -0.05) is 50.2 Å². The molecule has 6 nitrogen and oxygen atoms in total. The van der Waals surface area contributed by atoms with E-state index in [-0.39, 0.29) is 11.3 Å². The molecule has 0 saturated carbocycles. The van der Waals surface area contributed by atoms with Gasteiger partial charge in [-0.25, -0.2) is 0 Å². The maximum Gasteiger partial charge on any atom is 0.300 e. The van der Waals surface area contributed by atoms with Gasteiger partial charge in [-0.2, -0.15) is 0 Å². The Bertz CT molecular complexity index is 1320. The van der Waals surface area contributed by atoms with Crippen molar-refractivity contribution in [3.05, 3.63) is 94.6 Å². The Labute approximate surface area is 211 Å². The molecule has 4 rings (SSSR count). The smallest absolute Gasteiger partial charge is 0.300 e. The van der Waals surface area contributed by atoms with Crippen molar-refractivity contribution in [2.75, 3.05) is 18.6 Å². The number of nitrogens with zero attached hydrogens (tertiary/aromatic N) is 1. The van der Waals surface area contributed by atoms with E-state index in [0.717, 1.165) is 11.1 Å². The van der Waals surface area contributed by atoms with Crippen molar-refractivity contribution in [3.8, 4) is 11.5 Å². The molecule has 186 valence electrons. The second-order valence-electron chi connectivity index (χ2n) is 9.49. The molecule has 1 saturated heterocycles. The monoisotopic (exact) mass is 485 g/mol. The number of carbonyl (C=O) groups is 2. The summed E-state index contributed by atoms with van der Waals surface area (Å²) < 4.78 is 11.4. The number of Topliss-reactive ketones (excluding diaryl/α,β-unsaturated/α-hetero) is 1. The Balaban J connectivity index is 1.92. The van der Waals surface area contributed by atoms with Crippen LogP contribution in [0, 0.1) is 19.8 Å². The molecule has 1 amide bonds. The summed E-state index contributed by atoms with van der Waals surface area (Å²) in [4.78, 5) is 28.4. The van der Waals surface area contributed by atoms with Gasteiger partial charge in [-0.05, 0) is 61.2 Å². The molecule has 1 atom stereocenters. The van der Waals surface area contributed by atoms with E-state index < -0.39 is 17.7 Å². The van der Waals surface area contributed by atoms with Crippen LogP contribution in [0.2, 0.25) is 0 Å². The fourth-order valence-electron chi connectivity index (χ4n) is 4.53. The molecule has 6 heteroatoms. The number of ketones is 1. The van der Waals surface area contributed by atoms with Gasteiger partial charge >= 0.3 is 0 Å². The first-order valence-corrected chi connectivity index (χ1v) is 12.0. The predicted octanol–water partition coefficient (Wildman–Crippen LogP) is 5.97. The van der Waals surface area contributed by atoms with Crippen LogP contribution in [-0.2, 0) is 9.59 Å². The maximum absolute atomic E-state index is 13.5. The van der Waals surface area contributed by atoms with Gasteiger partial charge in [-0.3, -0.25) is 14.5 Å². The van der Waals surface area contributed by atoms with E-state index >= 15 is 0 Å². The number of aryl methyl sites for hydroxylation is 2. The summed E-state index contributed by atoms with van der Waals surface area (Å²) in [7, 11) is 1.54. The average molecular weight is 486 g/mol. The van der Waals surface area contributed by atoms with Gasteiger partial charge in [0, 0.05) is 16.8 Å². The number of aliphatic hydroxyl groups is 1. The van der Waals surface area contributed by atoms with E-state index in [9.17, 15) is 14.7 Å². The van der Waals surface area contributed by atoms with Gasteiger partial charge in [0.15, 0.2) is 0 Å². The van der Waals surface area contributed by atoms with E-state index in [2.05, 4.69) is 0 Å². The lowest BCUT2D eigenvalue weighted by molar-refractivity contribution is -0.132. The van der Waals surface area contributed by atoms with Crippen LogP contribution in [0.1, 0.15) is 42.1 Å². The Morgan fingerprint density at radius 3 is 2.33 bits per heavy atom. The molecule has 0 aliphatic carbocycles. The maximum atomic E-state index is 13.5. The summed E-state index contributed by atoms with van der Waals surface area (Å²) in [6, 6.07) is 19.0. The SMILES string of the molecule is COc1ccccc1C1/C(=C(\O)c2cccc(OCC(C)C)c2)C(=O)C(=O)N1c1cc(C)cc(C)c1. The van der Waals surface area contributed by atoms with Crippen molar-refractivity contribution in [3.63, 3.8) is 0 Å². The third-order valence-electron chi connectivity index (χ3n) is 6.05. The number of para-hydroxylation sites is 1. The summed E-state index contributed by atoms with van der Waals surface area (Å²) >= 11 is 0. The van der Waals surface area contributed by atoms with E-state index in [0.29, 0.717) is 40.8 Å². The summed E-state index contributed by atoms with van der Waals surface area (Å²) in [5, 5.41) is 11.5. The highest BCUT2D eigenvalue weighted by Gasteiger charge is 2.48. The van der Waals surface area contributed by atoms with E-state index in [1.165, 1.54) is 12.0 Å². The van der Waals surface area contributed by atoms with Crippen molar-refractivity contribution < 1.29 is 24.2 Å². The largest absolute Gasteiger partial charge is 0.507 e. The van der Waals surface area contributed by atoms with Crippen molar-refractivity contribution in [2.24, 2.45) is 5.92 Å². The number of methoxy groups -OCH3 is 1. The van der Waals surface area contributed by atoms with Crippen LogP contribution in [0.15, 0.2) is 72.3 Å². The number of rotatable bonds is 7. The first-order valence-electron chi connectivity index (χ1n) is 12.0. The summed E-state index contributed by atoms with van der Waals surface area (Å²) in [6.07, 6.45) is 0. The normalized spacial score (nSPS) is 17.1. The molecule has 0 radical (unpaired) electrons. The van der Waals surface area contributed by atoms with Crippen LogP contribution in [0.3, 0.4) is 0 Å². The molecule has 0 aromatic heterocycles. The molecule has 1 unspecified atom stereocenters. The number of amides is 1. The minimum atomic E-state index is -0.873. The lowest BCUT2D eigenvalue weighted by Gasteiger charge is -2.27. The fraction of sp³-hybridized carbons (Fsp3) is 0.267. The van der Waals surface area contributed by atoms with Gasteiger partial charge in [0.05, 0.1) is 25.3 Å². The summed E-state index contributed by atoms with van der Waals surface area (Å²) in [6.45, 7) is 8.49. The number of carbonyl (C=O) groups excluding carboxylic acids is 2. The lowest BCUT2D eigenvalue weighted by Crippen LogP contribution is -2.29. The minimum absolute atomic E-state index is 0.00432. The highest BCUT2D eigenvalue weighted by Crippen LogP contribution is 2.45. The highest BCUT2D eigenvalue weighted by atomic mass is 16.5. The van der Waals surface area contributed by atoms with Crippen molar-refractivity contribution in [2.45, 2.75) is 33.7 Å². The van der Waals surface area contributed by atoms with Crippen LogP contribution in [0.25, 0.3) is 5.76 Å². The lowest BCUT2D eigenvalue weighted by atomic mass is 9.94. The predicted molar refractivity (Wildman–Crippen MR) is 140 cm³/mol. The molecule has 36 heavy (non-hydrogen) atoms. The van der Waals surface area contributed by atoms with Crippen LogP contribution in [0.4, 0.5) is 5.69 Å². The van der Waals surface area contributed by atoms with E-state index in [1.807, 2.05) is 58.0 Å². The Hall–Kier alpha value is -4.06. The molecule has 1 aliphatic rings. The standard InChI is InChI=1S/C30H31NO5/c1-18(2)17-36-23-10-8-9-21(16-23)28(32)26-27(24-11-6-7-12-25(24)35-5)31(30(34)29(26)33)22-14-19(3)13-20(4)15-22/h6-16,18,27,32H,17H2,1-5H3/b28-26+. The molecule has 3 aromatic carbocycles. The quantitative estimate of drug-likeness (QED) is 0.253. The molecule has 0 spiro atoms. The van der Waals surface area contributed by atoms with Gasteiger partial charge in [0.1, 0.15) is 17.3 Å². The van der Waals surface area contributed by atoms with Crippen molar-refractivity contribution in [1.82, 2.24) is 0 Å². The van der Waals surface area contributed by atoms with Crippen LogP contribution >= 0.6 is 0 Å². The zero-order valence-electron chi connectivity index (χ0n) is 21.2. The fourth-order valence-corrected chi connectivity index (χ4v) is 4.53. The first-order chi connectivity index (χ1) is 17.2. The molecule has 1 fully saturated rings. The Kier molecular flexibility index (Phi) is 7.15. The van der Waals surface area contributed by atoms with Crippen LogP contribution < -0.4 is 14.4 Å². The number of hydrogen-bond donors (Lipinski definition) is 1. The molecule has 1 N–H and O–H groups in total. The minimum Gasteiger partial charge on any atom is -0.507 e. The average Bonchev–Trinajstić information content (AvgIpc) is 3.12. The van der Waals surface area contributed by atoms with E-state index in [1.54, 1.807) is 36.4 Å². The molecule has 1 heterocycles. The third kappa shape index (κ3) is 4.85. The van der Waals surface area contributed by atoms with Gasteiger partial charge < -0.3 is 14.6 Å². The first kappa shape index (κ1) is 25.0. The second kappa shape index (κ2) is 10.3. The topological polar surface area (TPSA) is 76.1 Å². The molecular weight excluding hydrogens is 454 g/mol. The van der Waals surface area contributed by atoms with Crippen LogP contribution in [-0.4, -0.2) is 30.5 Å². The Morgan fingerprint density at radius 1 is 0.972 bits per heavy atom. The van der Waals surface area contributed by atoms with Gasteiger partial charge in [0.2, 0.25) is 0 Å². The van der Waals surface area contributed by atoms with Crippen molar-refractivity contribution >= 4 is 23.1 Å². The zero-order chi connectivity index (χ0) is 26.0. The second-order valence-corrected chi connectivity index (χ2v) is 9.49. The summed E-state index contributed by atoms with van der Waals surface area (Å²) in [5.74, 6) is -0.299. The Morgan fingerprint density at radius 2 is 1.67 bits per heavy atom. The molecule has 1 aliphatic heterocycles. The molecular formula is C30H31NO5. The van der Waals surface area contributed by atoms with E-state index in [4.69, 9.17) is 9.47 Å².